The van der Waals surface area contributed by atoms with Gasteiger partial charge in [0.15, 0.2) is 0 Å². The number of hydrogen-bond acceptors (Lipinski definition) is 4. The highest BCUT2D eigenvalue weighted by Crippen LogP contribution is 2.20. The Bertz CT molecular complexity index is 487. The van der Waals surface area contributed by atoms with Crippen molar-refractivity contribution in [1.82, 2.24) is 4.98 Å². The number of carbonyl (C=O) groups is 1. The monoisotopic (exact) mass is 246 g/mol. The minimum Gasteiger partial charge on any atom is -0.457 e. The smallest absolute Gasteiger partial charge is 0.331 e. The van der Waals surface area contributed by atoms with Crippen LogP contribution in [0.15, 0.2) is 18.3 Å². The SMILES string of the molecule is CC(C)(C)OC(=O)/C=C/c1cnc2c(c1)CCN2. The van der Waals surface area contributed by atoms with Gasteiger partial charge in [0.25, 0.3) is 0 Å². The number of aromatic nitrogens is 1. The Kier molecular flexibility index (Phi) is 3.36. The lowest BCUT2D eigenvalue weighted by molar-refractivity contribution is -0.148. The first-order valence-corrected chi connectivity index (χ1v) is 6.08. The zero-order chi connectivity index (χ0) is 13.2. The normalized spacial score (nSPS) is 14.4. The summed E-state index contributed by atoms with van der Waals surface area (Å²) in [5.41, 5.74) is 1.66. The second-order valence-electron chi connectivity index (χ2n) is 5.32. The van der Waals surface area contributed by atoms with Crippen molar-refractivity contribution in [1.29, 1.82) is 0 Å². The summed E-state index contributed by atoms with van der Waals surface area (Å²) in [4.78, 5) is 15.8. The van der Waals surface area contributed by atoms with Gasteiger partial charge in [-0.05, 0) is 50.5 Å². The lowest BCUT2D eigenvalue weighted by Crippen LogP contribution is -2.22. The third-order valence-corrected chi connectivity index (χ3v) is 2.49. The summed E-state index contributed by atoms with van der Waals surface area (Å²) in [5, 5.41) is 3.20. The summed E-state index contributed by atoms with van der Waals surface area (Å²) in [6.45, 7) is 6.48. The van der Waals surface area contributed by atoms with Gasteiger partial charge in [-0.1, -0.05) is 0 Å². The minimum absolute atomic E-state index is 0.332. The number of esters is 1. The van der Waals surface area contributed by atoms with Gasteiger partial charge in [-0.15, -0.1) is 0 Å². The van der Waals surface area contributed by atoms with Crippen LogP contribution in [-0.2, 0) is 16.0 Å². The quantitative estimate of drug-likeness (QED) is 0.643. The van der Waals surface area contributed by atoms with Gasteiger partial charge >= 0.3 is 5.97 Å². The average molecular weight is 246 g/mol. The second kappa shape index (κ2) is 4.80. The number of hydrogen-bond donors (Lipinski definition) is 1. The van der Waals surface area contributed by atoms with Crippen LogP contribution in [0.25, 0.3) is 6.08 Å². The molecule has 0 aromatic carbocycles. The molecular weight excluding hydrogens is 228 g/mol. The number of fused-ring (bicyclic) bond motifs is 1. The van der Waals surface area contributed by atoms with Crippen LogP contribution in [-0.4, -0.2) is 23.1 Å². The molecule has 2 rings (SSSR count). The van der Waals surface area contributed by atoms with Crippen molar-refractivity contribution in [3.8, 4) is 0 Å². The Morgan fingerprint density at radius 1 is 1.50 bits per heavy atom. The number of rotatable bonds is 2. The minimum atomic E-state index is -0.457. The summed E-state index contributed by atoms with van der Waals surface area (Å²) in [7, 11) is 0. The molecule has 0 saturated heterocycles. The zero-order valence-electron chi connectivity index (χ0n) is 11.0. The zero-order valence-corrected chi connectivity index (χ0v) is 11.0. The van der Waals surface area contributed by atoms with E-state index in [4.69, 9.17) is 4.74 Å². The molecule has 4 nitrogen and oxygen atoms in total. The number of nitrogens with one attached hydrogen (secondary N) is 1. The van der Waals surface area contributed by atoms with Crippen molar-refractivity contribution in [3.63, 3.8) is 0 Å². The Morgan fingerprint density at radius 3 is 3.00 bits per heavy atom. The van der Waals surface area contributed by atoms with E-state index in [1.165, 1.54) is 11.6 Å². The predicted molar refractivity (Wildman–Crippen MR) is 71.3 cm³/mol. The lowest BCUT2D eigenvalue weighted by Gasteiger charge is -2.17. The lowest BCUT2D eigenvalue weighted by atomic mass is 10.1. The van der Waals surface area contributed by atoms with Gasteiger partial charge in [0.2, 0.25) is 0 Å². The molecule has 1 aliphatic rings. The molecule has 1 N–H and O–H groups in total. The molecule has 4 heteroatoms. The Balaban J connectivity index is 2.03. The average Bonchev–Trinajstić information content (AvgIpc) is 2.71. The molecular formula is C14H18N2O2. The van der Waals surface area contributed by atoms with Crippen LogP contribution in [0.4, 0.5) is 5.82 Å². The second-order valence-corrected chi connectivity index (χ2v) is 5.32. The molecule has 0 amide bonds. The molecule has 1 aromatic rings. The highest BCUT2D eigenvalue weighted by atomic mass is 16.6. The standard InChI is InChI=1S/C14H18N2O2/c1-14(2,3)18-12(17)5-4-10-8-11-6-7-15-13(11)16-9-10/h4-5,8-9H,6-7H2,1-3H3,(H,15,16)/b5-4+. The van der Waals surface area contributed by atoms with E-state index in [0.29, 0.717) is 0 Å². The van der Waals surface area contributed by atoms with E-state index >= 15 is 0 Å². The van der Waals surface area contributed by atoms with Crippen LogP contribution in [0.5, 0.6) is 0 Å². The highest BCUT2D eigenvalue weighted by molar-refractivity contribution is 5.87. The Labute approximate surface area is 107 Å². The van der Waals surface area contributed by atoms with Gasteiger partial charge in [0.05, 0.1) is 0 Å². The molecule has 1 aliphatic heterocycles. The largest absolute Gasteiger partial charge is 0.457 e. The van der Waals surface area contributed by atoms with Gasteiger partial charge in [0, 0.05) is 18.8 Å². The van der Waals surface area contributed by atoms with Crippen molar-refractivity contribution >= 4 is 17.9 Å². The maximum Gasteiger partial charge on any atom is 0.331 e. The molecule has 0 unspecified atom stereocenters. The molecule has 96 valence electrons. The van der Waals surface area contributed by atoms with E-state index in [1.807, 2.05) is 26.8 Å². The van der Waals surface area contributed by atoms with E-state index < -0.39 is 5.60 Å². The van der Waals surface area contributed by atoms with Crippen LogP contribution < -0.4 is 5.32 Å². The third-order valence-electron chi connectivity index (χ3n) is 2.49. The fourth-order valence-electron chi connectivity index (χ4n) is 1.79. The topological polar surface area (TPSA) is 51.2 Å². The fourth-order valence-corrected chi connectivity index (χ4v) is 1.79. The van der Waals surface area contributed by atoms with Crippen LogP contribution >= 0.6 is 0 Å². The summed E-state index contributed by atoms with van der Waals surface area (Å²) in [5.74, 6) is 0.616. The molecule has 0 spiro atoms. The molecule has 0 atom stereocenters. The first-order valence-electron chi connectivity index (χ1n) is 6.08. The maximum absolute atomic E-state index is 11.5. The Morgan fingerprint density at radius 2 is 2.28 bits per heavy atom. The van der Waals surface area contributed by atoms with Crippen LogP contribution in [0, 0.1) is 0 Å². The van der Waals surface area contributed by atoms with Gasteiger partial charge in [-0.25, -0.2) is 9.78 Å². The molecule has 0 bridgehead atoms. The summed E-state index contributed by atoms with van der Waals surface area (Å²) in [6, 6.07) is 2.04. The van der Waals surface area contributed by atoms with Gasteiger partial charge < -0.3 is 10.1 Å². The van der Waals surface area contributed by atoms with Crippen molar-refractivity contribution in [2.45, 2.75) is 32.8 Å². The molecule has 0 radical (unpaired) electrons. The van der Waals surface area contributed by atoms with Crippen molar-refractivity contribution in [2.75, 3.05) is 11.9 Å². The summed E-state index contributed by atoms with van der Waals surface area (Å²) < 4.78 is 5.19. The molecule has 1 aromatic heterocycles. The van der Waals surface area contributed by atoms with Crippen molar-refractivity contribution in [2.24, 2.45) is 0 Å². The fraction of sp³-hybridized carbons (Fsp3) is 0.429. The number of nitrogens with zero attached hydrogens (tertiary/aromatic N) is 1. The highest BCUT2D eigenvalue weighted by Gasteiger charge is 2.14. The van der Waals surface area contributed by atoms with Gasteiger partial charge in [-0.2, -0.15) is 0 Å². The van der Waals surface area contributed by atoms with Crippen molar-refractivity contribution < 1.29 is 9.53 Å². The number of carbonyl (C=O) groups excluding carboxylic acids is 1. The van der Waals surface area contributed by atoms with E-state index in [2.05, 4.69) is 10.3 Å². The van der Waals surface area contributed by atoms with E-state index in [9.17, 15) is 4.79 Å². The number of ether oxygens (including phenoxy) is 1. The number of pyridine rings is 1. The molecule has 2 heterocycles. The number of anilines is 1. The van der Waals surface area contributed by atoms with Crippen LogP contribution in [0.3, 0.4) is 0 Å². The van der Waals surface area contributed by atoms with E-state index in [1.54, 1.807) is 12.3 Å². The predicted octanol–water partition coefficient (Wildman–Crippen LogP) is 2.40. The molecule has 0 saturated carbocycles. The first-order chi connectivity index (χ1) is 8.44. The van der Waals surface area contributed by atoms with Crippen molar-refractivity contribution in [3.05, 3.63) is 29.5 Å². The maximum atomic E-state index is 11.5. The van der Waals surface area contributed by atoms with E-state index in [-0.39, 0.29) is 5.97 Å². The van der Waals surface area contributed by atoms with Crippen LogP contribution in [0.2, 0.25) is 0 Å². The molecule has 18 heavy (non-hydrogen) atoms. The Hall–Kier alpha value is -1.84. The summed E-state index contributed by atoms with van der Waals surface area (Å²) >= 11 is 0. The third kappa shape index (κ3) is 3.32. The van der Waals surface area contributed by atoms with Gasteiger partial charge in [-0.3, -0.25) is 0 Å². The van der Waals surface area contributed by atoms with Gasteiger partial charge in [0.1, 0.15) is 11.4 Å². The first kappa shape index (κ1) is 12.6. The van der Waals surface area contributed by atoms with E-state index in [0.717, 1.165) is 24.3 Å². The summed E-state index contributed by atoms with van der Waals surface area (Å²) in [6.07, 6.45) is 5.91. The molecule has 0 fully saturated rings. The van der Waals surface area contributed by atoms with Crippen LogP contribution in [0.1, 0.15) is 31.9 Å². The molecule has 0 aliphatic carbocycles.